The van der Waals surface area contributed by atoms with E-state index in [0.717, 1.165) is 10.9 Å². The maximum Gasteiger partial charge on any atom is 0.223 e. The molecule has 3 aromatic heterocycles. The maximum absolute atomic E-state index is 6.02. The normalized spacial score (nSPS) is 11.4. The van der Waals surface area contributed by atoms with E-state index >= 15 is 0 Å². The van der Waals surface area contributed by atoms with Crippen LogP contribution in [0.5, 0.6) is 5.75 Å². The summed E-state index contributed by atoms with van der Waals surface area (Å²) in [4.78, 5) is 8.93. The number of nitrogens with zero attached hydrogens (tertiary/aromatic N) is 4. The summed E-state index contributed by atoms with van der Waals surface area (Å²) in [5.41, 5.74) is 8.47. The first kappa shape index (κ1) is 14.9. The molecule has 0 radical (unpaired) electrons. The largest absolute Gasteiger partial charge is 0.494 e. The lowest BCUT2D eigenvalue weighted by Crippen LogP contribution is -2.03. The molecular formula is C16H15N5O2S. The number of ether oxygens (including phenoxy) is 2. The van der Waals surface area contributed by atoms with E-state index in [9.17, 15) is 0 Å². The van der Waals surface area contributed by atoms with Gasteiger partial charge in [0.25, 0.3) is 0 Å². The van der Waals surface area contributed by atoms with Crippen molar-refractivity contribution in [1.82, 2.24) is 19.6 Å². The molecule has 0 bridgehead atoms. The molecule has 0 unspecified atom stereocenters. The van der Waals surface area contributed by atoms with Gasteiger partial charge in [0.2, 0.25) is 5.95 Å². The molecular weight excluding hydrogens is 326 g/mol. The lowest BCUT2D eigenvalue weighted by molar-refractivity contribution is 0.102. The van der Waals surface area contributed by atoms with Crippen molar-refractivity contribution in [3.05, 3.63) is 46.4 Å². The molecule has 1 aromatic carbocycles. The van der Waals surface area contributed by atoms with Crippen LogP contribution in [0.3, 0.4) is 0 Å². The molecule has 24 heavy (non-hydrogen) atoms. The summed E-state index contributed by atoms with van der Waals surface area (Å²) in [6.07, 6.45) is 0. The second-order valence-corrected chi connectivity index (χ2v) is 5.99. The van der Waals surface area contributed by atoms with Crippen LogP contribution in [0.15, 0.2) is 35.0 Å². The Hall–Kier alpha value is -2.71. The number of thiophene rings is 1. The predicted octanol–water partition coefficient (Wildman–Crippen LogP) is 2.65. The van der Waals surface area contributed by atoms with E-state index in [4.69, 9.17) is 15.2 Å². The van der Waals surface area contributed by atoms with Crippen molar-refractivity contribution < 1.29 is 9.47 Å². The number of anilines is 1. The number of rotatable bonds is 5. The van der Waals surface area contributed by atoms with E-state index in [1.807, 2.05) is 29.6 Å². The fourth-order valence-corrected chi connectivity index (χ4v) is 3.18. The third-order valence-electron chi connectivity index (χ3n) is 3.63. The van der Waals surface area contributed by atoms with Gasteiger partial charge in [0, 0.05) is 5.39 Å². The fourth-order valence-electron chi connectivity index (χ4n) is 2.53. The fraction of sp³-hybridized carbons (Fsp3) is 0.188. The highest BCUT2D eigenvalue weighted by atomic mass is 32.1. The summed E-state index contributed by atoms with van der Waals surface area (Å²) >= 11 is 1.64. The van der Waals surface area contributed by atoms with Crippen molar-refractivity contribution in [2.24, 2.45) is 0 Å². The van der Waals surface area contributed by atoms with Crippen molar-refractivity contribution in [1.29, 1.82) is 0 Å². The summed E-state index contributed by atoms with van der Waals surface area (Å²) < 4.78 is 12.6. The lowest BCUT2D eigenvalue weighted by Gasteiger charge is -2.06. The van der Waals surface area contributed by atoms with Gasteiger partial charge in [0.1, 0.15) is 17.9 Å². The van der Waals surface area contributed by atoms with Crippen LogP contribution < -0.4 is 10.5 Å². The summed E-state index contributed by atoms with van der Waals surface area (Å²) in [5, 5.41) is 9.30. The molecule has 0 saturated heterocycles. The van der Waals surface area contributed by atoms with Crippen LogP contribution in [0, 0.1) is 0 Å². The second-order valence-electron chi connectivity index (χ2n) is 5.21. The van der Waals surface area contributed by atoms with Crippen LogP contribution in [-0.4, -0.2) is 26.7 Å². The minimum Gasteiger partial charge on any atom is -0.494 e. The molecule has 0 atom stereocenters. The Labute approximate surface area is 141 Å². The highest BCUT2D eigenvalue weighted by Crippen LogP contribution is 2.27. The molecule has 8 heteroatoms. The Morgan fingerprint density at radius 3 is 2.92 bits per heavy atom. The third kappa shape index (κ3) is 2.55. The monoisotopic (exact) mass is 341 g/mol. The molecule has 0 aliphatic heterocycles. The molecule has 0 saturated carbocycles. The van der Waals surface area contributed by atoms with E-state index in [1.165, 1.54) is 4.52 Å². The van der Waals surface area contributed by atoms with Crippen LogP contribution in [-0.2, 0) is 18.0 Å². The van der Waals surface area contributed by atoms with Crippen molar-refractivity contribution in [2.75, 3.05) is 12.8 Å². The van der Waals surface area contributed by atoms with Crippen molar-refractivity contribution in [3.8, 4) is 5.75 Å². The zero-order valence-electron chi connectivity index (χ0n) is 13.0. The van der Waals surface area contributed by atoms with Gasteiger partial charge in [-0.05, 0) is 34.5 Å². The number of nitrogen functional groups attached to an aromatic ring is 1. The number of fused-ring (bicyclic) bond motifs is 3. The molecule has 0 aliphatic rings. The molecule has 0 aliphatic carbocycles. The Kier molecular flexibility index (Phi) is 3.75. The number of hydrogen-bond donors (Lipinski definition) is 1. The number of methoxy groups -OCH3 is 1. The molecule has 3 heterocycles. The zero-order valence-corrected chi connectivity index (χ0v) is 13.8. The SMILES string of the molecule is COc1cccc2c1nc(N)n1nc(COCc3ccsc3)nc21. The molecule has 4 aromatic rings. The standard InChI is InChI=1S/C16H15N5O2S/c1-22-12-4-2-3-11-14(12)19-16(17)21-15(11)18-13(20-21)8-23-7-10-5-6-24-9-10/h2-6,9H,7-8H2,1H3,(H2,17,19). The molecule has 7 nitrogen and oxygen atoms in total. The Balaban J connectivity index is 1.69. The van der Waals surface area contributed by atoms with Crippen molar-refractivity contribution in [2.45, 2.75) is 13.2 Å². The molecule has 0 spiro atoms. The van der Waals surface area contributed by atoms with Crippen LogP contribution in [0.1, 0.15) is 11.4 Å². The smallest absolute Gasteiger partial charge is 0.223 e. The highest BCUT2D eigenvalue weighted by molar-refractivity contribution is 7.07. The first-order chi connectivity index (χ1) is 11.8. The van der Waals surface area contributed by atoms with Crippen LogP contribution in [0.25, 0.3) is 16.6 Å². The average molecular weight is 341 g/mol. The van der Waals surface area contributed by atoms with E-state index in [-0.39, 0.29) is 5.95 Å². The van der Waals surface area contributed by atoms with E-state index in [2.05, 4.69) is 20.4 Å². The topological polar surface area (TPSA) is 87.6 Å². The Morgan fingerprint density at radius 1 is 1.21 bits per heavy atom. The van der Waals surface area contributed by atoms with E-state index in [0.29, 0.717) is 36.0 Å². The lowest BCUT2D eigenvalue weighted by atomic mass is 10.2. The number of benzene rings is 1. The molecule has 2 N–H and O–H groups in total. The van der Waals surface area contributed by atoms with E-state index < -0.39 is 0 Å². The van der Waals surface area contributed by atoms with Gasteiger partial charge in [0.15, 0.2) is 11.5 Å². The van der Waals surface area contributed by atoms with Gasteiger partial charge in [-0.2, -0.15) is 15.9 Å². The minimum atomic E-state index is 0.263. The number of para-hydroxylation sites is 1. The maximum atomic E-state index is 6.02. The molecule has 0 amide bonds. The van der Waals surface area contributed by atoms with Gasteiger partial charge in [-0.25, -0.2) is 9.97 Å². The molecule has 4 rings (SSSR count). The first-order valence-electron chi connectivity index (χ1n) is 7.33. The number of nitrogens with two attached hydrogens (primary N) is 1. The first-order valence-corrected chi connectivity index (χ1v) is 8.27. The Morgan fingerprint density at radius 2 is 2.12 bits per heavy atom. The van der Waals surface area contributed by atoms with Crippen molar-refractivity contribution >= 4 is 33.8 Å². The summed E-state index contributed by atoms with van der Waals surface area (Å²) in [7, 11) is 1.60. The molecule has 0 fully saturated rings. The van der Waals surface area contributed by atoms with E-state index in [1.54, 1.807) is 18.4 Å². The zero-order chi connectivity index (χ0) is 16.5. The summed E-state index contributed by atoms with van der Waals surface area (Å²) in [5.74, 6) is 1.48. The number of aromatic nitrogens is 4. The minimum absolute atomic E-state index is 0.263. The van der Waals surface area contributed by atoms with Gasteiger partial charge in [-0.1, -0.05) is 6.07 Å². The number of hydrogen-bond acceptors (Lipinski definition) is 7. The van der Waals surface area contributed by atoms with Gasteiger partial charge in [-0.15, -0.1) is 5.10 Å². The van der Waals surface area contributed by atoms with Gasteiger partial charge >= 0.3 is 0 Å². The van der Waals surface area contributed by atoms with Gasteiger partial charge in [0.05, 0.1) is 13.7 Å². The van der Waals surface area contributed by atoms with Gasteiger partial charge in [-0.3, -0.25) is 0 Å². The third-order valence-corrected chi connectivity index (χ3v) is 4.37. The second kappa shape index (κ2) is 6.06. The van der Waals surface area contributed by atoms with Crippen LogP contribution >= 0.6 is 11.3 Å². The summed E-state index contributed by atoms with van der Waals surface area (Å²) in [6.45, 7) is 0.837. The summed E-state index contributed by atoms with van der Waals surface area (Å²) in [6, 6.07) is 7.68. The predicted molar refractivity (Wildman–Crippen MR) is 92.1 cm³/mol. The average Bonchev–Trinajstić information content (AvgIpc) is 3.24. The van der Waals surface area contributed by atoms with Crippen LogP contribution in [0.2, 0.25) is 0 Å². The van der Waals surface area contributed by atoms with Crippen molar-refractivity contribution in [3.63, 3.8) is 0 Å². The quantitative estimate of drug-likeness (QED) is 0.600. The van der Waals surface area contributed by atoms with Crippen LogP contribution in [0.4, 0.5) is 5.95 Å². The highest BCUT2D eigenvalue weighted by Gasteiger charge is 2.14. The van der Waals surface area contributed by atoms with Gasteiger partial charge < -0.3 is 15.2 Å². The Bertz CT molecular complexity index is 997. The molecule has 122 valence electrons.